The fourth-order valence-corrected chi connectivity index (χ4v) is 2.52. The van der Waals surface area contributed by atoms with Gasteiger partial charge in [0.1, 0.15) is 0 Å². The van der Waals surface area contributed by atoms with Crippen LogP contribution in [0.4, 0.5) is 5.95 Å². The van der Waals surface area contributed by atoms with Crippen LogP contribution in [0.3, 0.4) is 0 Å². The van der Waals surface area contributed by atoms with Gasteiger partial charge in [-0.3, -0.25) is 0 Å². The average molecular weight is 281 g/mol. The van der Waals surface area contributed by atoms with Gasteiger partial charge in [0.15, 0.2) is 16.3 Å². The standard InChI is InChI=1S/C11H13ClN6O/c12-9-8-10(15-11(13)14-9)18(17-16-8)7-3-1-2-6(4-7)5-19/h1,3,6-7,19H,2,4-5H2,(H2,13,14,15). The Kier molecular flexibility index (Phi) is 3.08. The van der Waals surface area contributed by atoms with Crippen LogP contribution in [0.1, 0.15) is 18.9 Å². The van der Waals surface area contributed by atoms with Crippen LogP contribution < -0.4 is 5.73 Å². The minimum absolute atomic E-state index is 0.00117. The van der Waals surface area contributed by atoms with Gasteiger partial charge in [0.25, 0.3) is 0 Å². The molecule has 2 aromatic rings. The Morgan fingerprint density at radius 2 is 2.32 bits per heavy atom. The van der Waals surface area contributed by atoms with Crippen molar-refractivity contribution in [2.45, 2.75) is 18.9 Å². The van der Waals surface area contributed by atoms with Gasteiger partial charge >= 0.3 is 0 Å². The van der Waals surface area contributed by atoms with Crippen LogP contribution in [0.25, 0.3) is 11.2 Å². The fraction of sp³-hybridized carbons (Fsp3) is 0.455. The number of nitrogens with zero attached hydrogens (tertiary/aromatic N) is 5. The van der Waals surface area contributed by atoms with E-state index in [9.17, 15) is 5.11 Å². The summed E-state index contributed by atoms with van der Waals surface area (Å²) in [6.45, 7) is 0.158. The number of aromatic nitrogens is 5. The van der Waals surface area contributed by atoms with E-state index in [1.807, 2.05) is 12.2 Å². The number of hydrogen-bond donors (Lipinski definition) is 2. The molecule has 0 aliphatic heterocycles. The SMILES string of the molecule is Nc1nc(Cl)c2nnn(C3C=CCC(CO)C3)c2n1. The van der Waals surface area contributed by atoms with E-state index < -0.39 is 0 Å². The number of halogens is 1. The summed E-state index contributed by atoms with van der Waals surface area (Å²) in [5, 5.41) is 17.5. The lowest BCUT2D eigenvalue weighted by Crippen LogP contribution is -2.19. The van der Waals surface area contributed by atoms with E-state index in [1.165, 1.54) is 0 Å². The summed E-state index contributed by atoms with van der Waals surface area (Å²) >= 11 is 5.97. The number of rotatable bonds is 2. The molecule has 7 nitrogen and oxygen atoms in total. The zero-order valence-corrected chi connectivity index (χ0v) is 10.8. The first-order chi connectivity index (χ1) is 9.19. The molecular formula is C11H13ClN6O. The predicted molar refractivity (Wildman–Crippen MR) is 70.5 cm³/mol. The minimum Gasteiger partial charge on any atom is -0.396 e. The summed E-state index contributed by atoms with van der Waals surface area (Å²) in [6, 6.07) is 0.00117. The van der Waals surface area contributed by atoms with Crippen LogP contribution in [0.15, 0.2) is 12.2 Å². The van der Waals surface area contributed by atoms with Crippen LogP contribution in [0.2, 0.25) is 5.15 Å². The van der Waals surface area contributed by atoms with Gasteiger partial charge in [-0.2, -0.15) is 9.97 Å². The van der Waals surface area contributed by atoms with Crippen LogP contribution in [-0.2, 0) is 0 Å². The van der Waals surface area contributed by atoms with Gasteiger partial charge in [0.05, 0.1) is 6.04 Å². The Bertz CT molecular complexity index is 639. The Labute approximate surface area is 114 Å². The molecule has 0 aromatic carbocycles. The third-order valence-electron chi connectivity index (χ3n) is 3.27. The number of hydrogen-bond acceptors (Lipinski definition) is 6. The van der Waals surface area contributed by atoms with Crippen LogP contribution in [0, 0.1) is 5.92 Å². The van der Waals surface area contributed by atoms with Crippen LogP contribution >= 0.6 is 11.6 Å². The predicted octanol–water partition coefficient (Wildman–Crippen LogP) is 0.956. The van der Waals surface area contributed by atoms with Crippen LogP contribution in [0.5, 0.6) is 0 Å². The van der Waals surface area contributed by atoms with Crippen molar-refractivity contribution < 1.29 is 5.11 Å². The highest BCUT2D eigenvalue weighted by molar-refractivity contribution is 6.33. The van der Waals surface area contributed by atoms with Crippen LogP contribution in [-0.4, -0.2) is 36.7 Å². The van der Waals surface area contributed by atoms with E-state index in [2.05, 4.69) is 20.3 Å². The third kappa shape index (κ3) is 2.15. The minimum atomic E-state index is 0.00117. The van der Waals surface area contributed by atoms with Crippen molar-refractivity contribution in [3.8, 4) is 0 Å². The zero-order valence-electron chi connectivity index (χ0n) is 10.1. The van der Waals surface area contributed by atoms with Crippen molar-refractivity contribution in [2.75, 3.05) is 12.3 Å². The number of allylic oxidation sites excluding steroid dienone is 2. The second kappa shape index (κ2) is 4.75. The van der Waals surface area contributed by atoms with Crippen molar-refractivity contribution in [3.05, 3.63) is 17.3 Å². The molecule has 2 unspecified atom stereocenters. The summed E-state index contributed by atoms with van der Waals surface area (Å²) in [5.41, 5.74) is 6.56. The summed E-state index contributed by atoms with van der Waals surface area (Å²) in [4.78, 5) is 8.00. The number of nitrogens with two attached hydrogens (primary N) is 1. The lowest BCUT2D eigenvalue weighted by molar-refractivity contribution is 0.202. The highest BCUT2D eigenvalue weighted by atomic mass is 35.5. The van der Waals surface area contributed by atoms with E-state index in [0.717, 1.165) is 12.8 Å². The normalized spacial score (nSPS) is 23.1. The largest absolute Gasteiger partial charge is 0.396 e. The zero-order chi connectivity index (χ0) is 13.4. The molecule has 19 heavy (non-hydrogen) atoms. The number of anilines is 1. The Balaban J connectivity index is 2.06. The Hall–Kier alpha value is -1.73. The lowest BCUT2D eigenvalue weighted by atomic mass is 9.92. The van der Waals surface area contributed by atoms with E-state index in [0.29, 0.717) is 11.2 Å². The summed E-state index contributed by atoms with van der Waals surface area (Å²) in [6.07, 6.45) is 5.73. The number of fused-ring (bicyclic) bond motifs is 1. The van der Waals surface area contributed by atoms with Crippen molar-refractivity contribution in [2.24, 2.45) is 5.92 Å². The topological polar surface area (TPSA) is 103 Å². The molecule has 1 aliphatic rings. The van der Waals surface area contributed by atoms with E-state index >= 15 is 0 Å². The highest BCUT2D eigenvalue weighted by Crippen LogP contribution is 2.29. The summed E-state index contributed by atoms with van der Waals surface area (Å²) in [7, 11) is 0. The number of aliphatic hydroxyl groups excluding tert-OH is 1. The maximum atomic E-state index is 9.26. The quantitative estimate of drug-likeness (QED) is 0.627. The number of aliphatic hydroxyl groups is 1. The molecule has 0 saturated heterocycles. The van der Waals surface area contributed by atoms with E-state index in [-0.39, 0.29) is 29.7 Å². The van der Waals surface area contributed by atoms with Crippen molar-refractivity contribution >= 4 is 28.7 Å². The van der Waals surface area contributed by atoms with Gasteiger partial charge in [-0.25, -0.2) is 4.68 Å². The fourth-order valence-electron chi connectivity index (χ4n) is 2.31. The van der Waals surface area contributed by atoms with Crippen molar-refractivity contribution in [1.82, 2.24) is 25.0 Å². The molecule has 0 fully saturated rings. The van der Waals surface area contributed by atoms with Gasteiger partial charge in [-0.15, -0.1) is 5.10 Å². The number of nitrogen functional groups attached to an aromatic ring is 1. The monoisotopic (exact) mass is 280 g/mol. The third-order valence-corrected chi connectivity index (χ3v) is 3.54. The Morgan fingerprint density at radius 3 is 3.11 bits per heavy atom. The molecule has 100 valence electrons. The molecule has 2 aromatic heterocycles. The first-order valence-corrected chi connectivity index (χ1v) is 6.38. The maximum absolute atomic E-state index is 9.26. The molecule has 8 heteroatoms. The van der Waals surface area contributed by atoms with Gasteiger partial charge in [0.2, 0.25) is 5.95 Å². The molecule has 0 amide bonds. The first kappa shape index (κ1) is 12.3. The maximum Gasteiger partial charge on any atom is 0.223 e. The lowest BCUT2D eigenvalue weighted by Gasteiger charge is -2.23. The molecule has 0 bridgehead atoms. The molecule has 3 N–H and O–H groups in total. The molecule has 0 spiro atoms. The molecule has 1 aliphatic carbocycles. The summed E-state index contributed by atoms with van der Waals surface area (Å²) in [5.74, 6) is 0.323. The average Bonchev–Trinajstić information content (AvgIpc) is 2.82. The molecule has 2 atom stereocenters. The van der Waals surface area contributed by atoms with Gasteiger partial charge < -0.3 is 10.8 Å². The molecule has 2 heterocycles. The second-order valence-electron chi connectivity index (χ2n) is 4.59. The molecule has 0 radical (unpaired) electrons. The molecular weight excluding hydrogens is 268 g/mol. The van der Waals surface area contributed by atoms with Gasteiger partial charge in [-0.1, -0.05) is 29.0 Å². The summed E-state index contributed by atoms with van der Waals surface area (Å²) < 4.78 is 1.68. The van der Waals surface area contributed by atoms with Crippen molar-refractivity contribution in [3.63, 3.8) is 0 Å². The first-order valence-electron chi connectivity index (χ1n) is 6.00. The van der Waals surface area contributed by atoms with E-state index in [1.54, 1.807) is 4.68 Å². The molecule has 3 rings (SSSR count). The van der Waals surface area contributed by atoms with Gasteiger partial charge in [-0.05, 0) is 18.8 Å². The van der Waals surface area contributed by atoms with Crippen molar-refractivity contribution in [1.29, 1.82) is 0 Å². The molecule has 0 saturated carbocycles. The second-order valence-corrected chi connectivity index (χ2v) is 4.95. The Morgan fingerprint density at radius 1 is 1.47 bits per heavy atom. The highest BCUT2D eigenvalue weighted by Gasteiger charge is 2.23. The van der Waals surface area contributed by atoms with E-state index in [4.69, 9.17) is 17.3 Å². The smallest absolute Gasteiger partial charge is 0.223 e. The van der Waals surface area contributed by atoms with Gasteiger partial charge in [0, 0.05) is 6.61 Å².